The summed E-state index contributed by atoms with van der Waals surface area (Å²) in [6, 6.07) is 2.09. The second-order valence-electron chi connectivity index (χ2n) is 5.27. The average molecular weight is 348 g/mol. The van der Waals surface area contributed by atoms with E-state index in [-0.39, 0.29) is 0 Å². The van der Waals surface area contributed by atoms with Gasteiger partial charge in [-0.05, 0) is 0 Å². The van der Waals surface area contributed by atoms with E-state index in [9.17, 15) is 20.6 Å². The van der Waals surface area contributed by atoms with Crippen LogP contribution in [0.1, 0.15) is 11.8 Å². The van der Waals surface area contributed by atoms with Crippen molar-refractivity contribution < 1.29 is 20.1 Å². The molecule has 0 bridgehead atoms. The Hall–Kier alpha value is -1.96. The molecule has 3 heterocycles. The largest absolute Gasteiger partial charge is 0.394 e. The first-order chi connectivity index (χ1) is 11.6. The van der Waals surface area contributed by atoms with Crippen LogP contribution in [0.2, 0.25) is 0 Å². The van der Waals surface area contributed by atoms with E-state index in [1.54, 1.807) is 6.08 Å². The zero-order valence-electron chi connectivity index (χ0n) is 12.6. The first-order valence-corrected chi connectivity index (χ1v) is 8.22. The molecule has 0 unspecified atom stereocenters. The molecule has 1 aliphatic heterocycles. The number of ether oxygens (including phenoxy) is 1. The fourth-order valence-electron chi connectivity index (χ4n) is 2.69. The summed E-state index contributed by atoms with van der Waals surface area (Å²) in [4.78, 5) is 8.40. The number of aliphatic hydroxyl groups excluding tert-OH is 3. The van der Waals surface area contributed by atoms with E-state index in [4.69, 9.17) is 4.74 Å². The summed E-state index contributed by atoms with van der Waals surface area (Å²) in [5, 5.41) is 40.0. The van der Waals surface area contributed by atoms with Crippen LogP contribution in [0.25, 0.3) is 11.0 Å². The molecule has 4 atom stereocenters. The second-order valence-corrected chi connectivity index (χ2v) is 6.28. The quantitative estimate of drug-likeness (QED) is 0.397. The summed E-state index contributed by atoms with van der Waals surface area (Å²) in [6.45, 7) is 3.24. The predicted molar refractivity (Wildman–Crippen MR) is 86.2 cm³/mol. The molecule has 9 heteroatoms. The van der Waals surface area contributed by atoms with Crippen molar-refractivity contribution in [2.45, 2.75) is 29.6 Å². The lowest BCUT2D eigenvalue weighted by Gasteiger charge is -2.17. The Kier molecular flexibility index (Phi) is 4.84. The highest BCUT2D eigenvalue weighted by atomic mass is 32.2. The van der Waals surface area contributed by atoms with E-state index in [0.717, 1.165) is 0 Å². The van der Waals surface area contributed by atoms with Gasteiger partial charge in [-0.25, -0.2) is 9.97 Å². The minimum absolute atomic E-state index is 0.343. The Morgan fingerprint density at radius 2 is 2.21 bits per heavy atom. The van der Waals surface area contributed by atoms with E-state index < -0.39 is 31.1 Å². The number of nitrogens with zero attached hydrogens (tertiary/aromatic N) is 4. The number of hydrogen-bond donors (Lipinski definition) is 3. The number of rotatable bonds is 5. The van der Waals surface area contributed by atoms with Gasteiger partial charge in [-0.2, -0.15) is 5.26 Å². The van der Waals surface area contributed by atoms with Gasteiger partial charge in [0.25, 0.3) is 0 Å². The molecule has 0 amide bonds. The summed E-state index contributed by atoms with van der Waals surface area (Å²) in [7, 11) is 0. The number of aliphatic hydroxyl groups is 3. The molecule has 0 aromatic carbocycles. The summed E-state index contributed by atoms with van der Waals surface area (Å²) in [6.07, 6.45) is 0.291. The van der Waals surface area contributed by atoms with Crippen molar-refractivity contribution in [2.75, 3.05) is 12.4 Å². The molecule has 8 nitrogen and oxygen atoms in total. The highest BCUT2D eigenvalue weighted by Gasteiger charge is 2.44. The summed E-state index contributed by atoms with van der Waals surface area (Å²) < 4.78 is 7.03. The lowest BCUT2D eigenvalue weighted by molar-refractivity contribution is -0.0508. The number of fused-ring (bicyclic) bond motifs is 1. The third-order valence-electron chi connectivity index (χ3n) is 3.82. The Labute approximate surface area is 142 Å². The molecule has 0 spiro atoms. The van der Waals surface area contributed by atoms with Crippen molar-refractivity contribution in [1.29, 1.82) is 5.26 Å². The molecular weight excluding hydrogens is 332 g/mol. The van der Waals surface area contributed by atoms with Crippen LogP contribution < -0.4 is 0 Å². The molecule has 1 saturated heterocycles. The van der Waals surface area contributed by atoms with Gasteiger partial charge < -0.3 is 24.6 Å². The fourth-order valence-corrected chi connectivity index (χ4v) is 3.44. The van der Waals surface area contributed by atoms with Crippen LogP contribution >= 0.6 is 11.8 Å². The minimum Gasteiger partial charge on any atom is -0.394 e. The van der Waals surface area contributed by atoms with Crippen molar-refractivity contribution in [3.8, 4) is 6.07 Å². The topological polar surface area (TPSA) is 124 Å². The molecule has 24 heavy (non-hydrogen) atoms. The molecule has 2 aromatic heterocycles. The van der Waals surface area contributed by atoms with Crippen molar-refractivity contribution in [1.82, 2.24) is 14.5 Å². The normalized spacial score (nSPS) is 26.6. The van der Waals surface area contributed by atoms with Crippen molar-refractivity contribution in [3.63, 3.8) is 0 Å². The molecular formula is C15H16N4O4S. The zero-order valence-corrected chi connectivity index (χ0v) is 13.4. The smallest absolute Gasteiger partial charge is 0.164 e. The minimum atomic E-state index is -1.25. The SMILES string of the molecule is C=CCSc1ncnc2c1c(C#N)cn2[C@@H]1O[C@@H](CO)[C@@H](O)[C@@H]1O. The monoisotopic (exact) mass is 348 g/mol. The van der Waals surface area contributed by atoms with Crippen LogP contribution in [0.15, 0.2) is 30.2 Å². The van der Waals surface area contributed by atoms with Gasteiger partial charge >= 0.3 is 0 Å². The Morgan fingerprint density at radius 3 is 2.83 bits per heavy atom. The van der Waals surface area contributed by atoms with E-state index in [0.29, 0.717) is 27.4 Å². The summed E-state index contributed by atoms with van der Waals surface area (Å²) >= 11 is 1.42. The Bertz CT molecular complexity index is 803. The average Bonchev–Trinajstić information content (AvgIpc) is 3.11. The van der Waals surface area contributed by atoms with Crippen LogP contribution in [0.3, 0.4) is 0 Å². The van der Waals surface area contributed by atoms with Crippen molar-refractivity contribution >= 4 is 22.8 Å². The van der Waals surface area contributed by atoms with Crippen LogP contribution in [0, 0.1) is 11.3 Å². The van der Waals surface area contributed by atoms with E-state index in [1.807, 2.05) is 0 Å². The van der Waals surface area contributed by atoms with Gasteiger partial charge in [-0.3, -0.25) is 0 Å². The Balaban J connectivity index is 2.10. The maximum absolute atomic E-state index is 10.2. The van der Waals surface area contributed by atoms with Gasteiger partial charge in [0.15, 0.2) is 6.23 Å². The summed E-state index contributed by atoms with van der Waals surface area (Å²) in [5.74, 6) is 0.621. The third kappa shape index (κ3) is 2.68. The maximum Gasteiger partial charge on any atom is 0.164 e. The van der Waals surface area contributed by atoms with Crippen LogP contribution in [-0.2, 0) is 4.74 Å². The summed E-state index contributed by atoms with van der Waals surface area (Å²) in [5.41, 5.74) is 0.762. The van der Waals surface area contributed by atoms with Crippen LogP contribution in [0.5, 0.6) is 0 Å². The predicted octanol–water partition coefficient (Wildman–Crippen LogP) is 0.193. The van der Waals surface area contributed by atoms with Crippen molar-refractivity contribution in [3.05, 3.63) is 30.7 Å². The highest BCUT2D eigenvalue weighted by Crippen LogP contribution is 2.35. The molecule has 3 rings (SSSR count). The molecule has 0 radical (unpaired) electrons. The Morgan fingerprint density at radius 1 is 1.42 bits per heavy atom. The van der Waals surface area contributed by atoms with E-state index >= 15 is 0 Å². The number of thioether (sulfide) groups is 1. The standard InChI is InChI=1S/C15H16N4O4S/c1-2-3-24-14-10-8(4-16)5-19(13(10)17-7-18-14)15-12(22)11(21)9(6-20)23-15/h2,5,7,9,11-12,15,20-22H,1,3,6H2/t9-,11+,12-,15+/m0/s1. The van der Waals surface area contributed by atoms with Gasteiger partial charge in [-0.15, -0.1) is 18.3 Å². The van der Waals surface area contributed by atoms with Gasteiger partial charge in [0.05, 0.1) is 17.6 Å². The van der Waals surface area contributed by atoms with Gasteiger partial charge in [0.1, 0.15) is 41.4 Å². The maximum atomic E-state index is 10.2. The van der Waals surface area contributed by atoms with Gasteiger partial charge in [0, 0.05) is 11.9 Å². The fraction of sp³-hybridized carbons (Fsp3) is 0.400. The van der Waals surface area contributed by atoms with Gasteiger partial charge in [0.2, 0.25) is 0 Å². The third-order valence-corrected chi connectivity index (χ3v) is 4.81. The zero-order chi connectivity index (χ0) is 17.3. The molecule has 3 N–H and O–H groups in total. The van der Waals surface area contributed by atoms with E-state index in [2.05, 4.69) is 22.6 Å². The number of nitriles is 1. The van der Waals surface area contributed by atoms with Crippen LogP contribution in [0.4, 0.5) is 0 Å². The first kappa shape index (κ1) is 16.9. The lowest BCUT2D eigenvalue weighted by atomic mass is 10.1. The van der Waals surface area contributed by atoms with Crippen molar-refractivity contribution in [2.24, 2.45) is 0 Å². The molecule has 1 aliphatic rings. The first-order valence-electron chi connectivity index (χ1n) is 7.24. The lowest BCUT2D eigenvalue weighted by Crippen LogP contribution is -2.33. The number of hydrogen-bond acceptors (Lipinski definition) is 8. The molecule has 1 fully saturated rings. The molecule has 0 aliphatic carbocycles. The highest BCUT2D eigenvalue weighted by molar-refractivity contribution is 7.99. The second kappa shape index (κ2) is 6.88. The van der Waals surface area contributed by atoms with E-state index in [1.165, 1.54) is 28.9 Å². The molecule has 2 aromatic rings. The number of aromatic nitrogens is 3. The molecule has 126 valence electrons. The van der Waals surface area contributed by atoms with Crippen LogP contribution in [-0.4, -0.2) is 60.5 Å². The molecule has 0 saturated carbocycles. The van der Waals surface area contributed by atoms with Gasteiger partial charge in [-0.1, -0.05) is 6.08 Å².